The predicted molar refractivity (Wildman–Crippen MR) is 142 cm³/mol. The molecular formula is C29H37F5O4S. The Hall–Kier alpha value is -2.36. The summed E-state index contributed by atoms with van der Waals surface area (Å²) >= 11 is 0. The van der Waals surface area contributed by atoms with Crippen molar-refractivity contribution >= 4 is 10.8 Å². The average molecular weight is 577 g/mol. The second-order valence-corrected chi connectivity index (χ2v) is 12.0. The Balaban J connectivity index is 1.34. The van der Waals surface area contributed by atoms with E-state index in [1.807, 2.05) is 18.2 Å². The van der Waals surface area contributed by atoms with Crippen LogP contribution in [0.1, 0.15) is 87.2 Å². The first kappa shape index (κ1) is 31.2. The van der Waals surface area contributed by atoms with E-state index in [2.05, 4.69) is 0 Å². The van der Waals surface area contributed by atoms with Crippen molar-refractivity contribution in [2.45, 2.75) is 88.1 Å². The number of halogens is 5. The molecule has 0 aliphatic carbocycles. The van der Waals surface area contributed by atoms with Gasteiger partial charge in [-0.1, -0.05) is 56.7 Å². The Bertz CT molecular complexity index is 1060. The van der Waals surface area contributed by atoms with Gasteiger partial charge in [0.15, 0.2) is 0 Å². The van der Waals surface area contributed by atoms with E-state index >= 15 is 0 Å². The minimum atomic E-state index is -5.55. The van der Waals surface area contributed by atoms with Gasteiger partial charge in [0.1, 0.15) is 17.2 Å². The Kier molecular flexibility index (Phi) is 11.4. The Morgan fingerprint density at radius 2 is 1.38 bits per heavy atom. The zero-order valence-corrected chi connectivity index (χ0v) is 22.7. The number of alkyl halides is 5. The van der Waals surface area contributed by atoms with Crippen LogP contribution in [0.4, 0.5) is 22.0 Å². The summed E-state index contributed by atoms with van der Waals surface area (Å²) in [4.78, 5) is 0. The molecule has 4 nitrogen and oxygen atoms in total. The number of ether oxygens (including phenoxy) is 1. The van der Waals surface area contributed by atoms with E-state index in [0.717, 1.165) is 56.1 Å². The van der Waals surface area contributed by atoms with Gasteiger partial charge >= 0.3 is 12.1 Å². The van der Waals surface area contributed by atoms with Crippen molar-refractivity contribution < 1.29 is 41.1 Å². The molecule has 39 heavy (non-hydrogen) atoms. The highest BCUT2D eigenvalue weighted by Crippen LogP contribution is 2.46. The van der Waals surface area contributed by atoms with Gasteiger partial charge in [-0.25, -0.2) is 0 Å². The summed E-state index contributed by atoms with van der Waals surface area (Å²) in [5, 5.41) is 19.5. The lowest BCUT2D eigenvalue weighted by molar-refractivity contribution is -0.284. The lowest BCUT2D eigenvalue weighted by atomic mass is 9.77. The molecular weight excluding hydrogens is 539 g/mol. The number of aromatic hydroxyl groups is 2. The molecule has 2 N–H and O–H groups in total. The van der Waals surface area contributed by atoms with Crippen molar-refractivity contribution in [1.29, 1.82) is 0 Å². The normalized spacial score (nSPS) is 18.4. The van der Waals surface area contributed by atoms with Gasteiger partial charge in [0, 0.05) is 40.7 Å². The molecule has 1 heterocycles. The number of fused-ring (bicyclic) bond motifs is 1. The first-order valence-electron chi connectivity index (χ1n) is 13.5. The minimum absolute atomic E-state index is 0.133. The third-order valence-electron chi connectivity index (χ3n) is 7.29. The highest BCUT2D eigenvalue weighted by Gasteiger charge is 2.56. The van der Waals surface area contributed by atoms with Crippen molar-refractivity contribution in [2.75, 3.05) is 18.1 Å². The molecule has 0 amide bonds. The molecule has 0 radical (unpaired) electrons. The fourth-order valence-corrected chi connectivity index (χ4v) is 6.28. The molecule has 218 valence electrons. The fraction of sp³-hybridized carbons (Fsp3) is 0.586. The lowest BCUT2D eigenvalue weighted by Crippen LogP contribution is -2.36. The number of unbranched alkanes of at least 4 members (excludes halogenated alkanes) is 6. The maximum Gasteiger partial charge on any atom is 0.453 e. The van der Waals surface area contributed by atoms with Crippen LogP contribution < -0.4 is 4.74 Å². The Labute approximate surface area is 229 Å². The molecule has 1 aliphatic heterocycles. The van der Waals surface area contributed by atoms with E-state index in [0.29, 0.717) is 24.5 Å². The quantitative estimate of drug-likeness (QED) is 0.166. The molecule has 2 aromatic carbocycles. The highest BCUT2D eigenvalue weighted by molar-refractivity contribution is 7.84. The average Bonchev–Trinajstić information content (AvgIpc) is 2.87. The summed E-state index contributed by atoms with van der Waals surface area (Å²) in [5.41, 5.74) is 2.18. The van der Waals surface area contributed by atoms with Gasteiger partial charge < -0.3 is 14.9 Å². The van der Waals surface area contributed by atoms with E-state index < -0.39 is 35.7 Å². The molecule has 0 aromatic heterocycles. The van der Waals surface area contributed by atoms with E-state index in [-0.39, 0.29) is 29.1 Å². The topological polar surface area (TPSA) is 66.8 Å². The van der Waals surface area contributed by atoms with Crippen LogP contribution in [0, 0.1) is 0 Å². The van der Waals surface area contributed by atoms with Crippen molar-refractivity contribution in [3.63, 3.8) is 0 Å². The molecule has 0 fully saturated rings. The maximum atomic E-state index is 12.9. The lowest BCUT2D eigenvalue weighted by Gasteiger charge is -2.34. The van der Waals surface area contributed by atoms with Gasteiger partial charge in [0.2, 0.25) is 0 Å². The zero-order valence-electron chi connectivity index (χ0n) is 21.9. The third-order valence-corrected chi connectivity index (χ3v) is 8.77. The van der Waals surface area contributed by atoms with Gasteiger partial charge in [-0.3, -0.25) is 4.21 Å². The second kappa shape index (κ2) is 14.3. The zero-order chi connectivity index (χ0) is 28.5. The van der Waals surface area contributed by atoms with Crippen LogP contribution in [0.5, 0.6) is 17.2 Å². The van der Waals surface area contributed by atoms with Crippen LogP contribution in [0.3, 0.4) is 0 Å². The number of hydrogen-bond donors (Lipinski definition) is 2. The predicted octanol–water partition coefficient (Wildman–Crippen LogP) is 8.20. The first-order valence-corrected chi connectivity index (χ1v) is 15.0. The molecule has 3 rings (SSSR count). The van der Waals surface area contributed by atoms with Crippen LogP contribution in [0.2, 0.25) is 0 Å². The molecule has 0 spiro atoms. The number of rotatable bonds is 15. The molecule has 0 saturated carbocycles. The fourth-order valence-electron chi connectivity index (χ4n) is 5.08. The van der Waals surface area contributed by atoms with Crippen molar-refractivity contribution in [3.8, 4) is 17.2 Å². The Morgan fingerprint density at radius 1 is 0.795 bits per heavy atom. The smallest absolute Gasteiger partial charge is 0.453 e. The molecule has 3 atom stereocenters. The summed E-state index contributed by atoms with van der Waals surface area (Å²) in [6.07, 6.45) is 0.284. The van der Waals surface area contributed by atoms with Gasteiger partial charge in [0.25, 0.3) is 0 Å². The van der Waals surface area contributed by atoms with Crippen LogP contribution in [-0.2, 0) is 10.8 Å². The van der Waals surface area contributed by atoms with Gasteiger partial charge in [-0.15, -0.1) is 0 Å². The summed E-state index contributed by atoms with van der Waals surface area (Å²) in [7, 11) is -1.38. The van der Waals surface area contributed by atoms with Crippen LogP contribution in [-0.4, -0.2) is 44.6 Å². The van der Waals surface area contributed by atoms with E-state index in [1.165, 1.54) is 0 Å². The van der Waals surface area contributed by atoms with Gasteiger partial charge in [-0.05, 0) is 54.5 Å². The number of hydrogen-bond acceptors (Lipinski definition) is 4. The molecule has 3 unspecified atom stereocenters. The van der Waals surface area contributed by atoms with Crippen molar-refractivity contribution in [2.24, 2.45) is 0 Å². The molecule has 10 heteroatoms. The molecule has 2 aromatic rings. The van der Waals surface area contributed by atoms with Crippen LogP contribution >= 0.6 is 0 Å². The Morgan fingerprint density at radius 3 is 2.05 bits per heavy atom. The van der Waals surface area contributed by atoms with Crippen molar-refractivity contribution in [3.05, 3.63) is 53.6 Å². The van der Waals surface area contributed by atoms with Crippen molar-refractivity contribution in [1.82, 2.24) is 0 Å². The minimum Gasteiger partial charge on any atom is -0.508 e. The largest absolute Gasteiger partial charge is 0.508 e. The van der Waals surface area contributed by atoms with Crippen LogP contribution in [0.15, 0.2) is 42.5 Å². The number of phenols is 2. The summed E-state index contributed by atoms with van der Waals surface area (Å²) in [6, 6.07) is 12.5. The van der Waals surface area contributed by atoms with E-state index in [9.17, 15) is 36.4 Å². The summed E-state index contributed by atoms with van der Waals surface area (Å²) < 4.78 is 80.2. The molecule has 0 saturated heterocycles. The summed E-state index contributed by atoms with van der Waals surface area (Å²) in [6.45, 7) is 0.498. The highest BCUT2D eigenvalue weighted by atomic mass is 32.2. The number of benzene rings is 2. The monoisotopic (exact) mass is 576 g/mol. The van der Waals surface area contributed by atoms with E-state index in [4.69, 9.17) is 4.74 Å². The first-order chi connectivity index (χ1) is 18.5. The SMILES string of the molecule is O=S(CCCCCCCCCC1c2ccc(O)cc2OCC1c1ccc(O)cc1)CCCC(F)(F)C(F)(F)F. The van der Waals surface area contributed by atoms with Gasteiger partial charge in [0.05, 0.1) is 6.61 Å². The summed E-state index contributed by atoms with van der Waals surface area (Å²) in [5.74, 6) is -3.06. The molecule has 0 bridgehead atoms. The maximum absolute atomic E-state index is 12.9. The number of phenolic OH excluding ortho intramolecular Hbond substituents is 2. The standard InChI is InChI=1S/C29H37F5O4S/c30-28(31,29(32,33)34)16-8-18-39(37)17-7-5-3-1-2-4-6-9-24-25-15-14-23(36)19-27(25)38-20-26(24)21-10-12-22(35)13-11-21/h10-15,19,24,26,35-36H,1-9,16-18,20H2. The second-order valence-electron chi connectivity index (χ2n) is 10.3. The molecule has 1 aliphatic rings. The van der Waals surface area contributed by atoms with Gasteiger partial charge in [-0.2, -0.15) is 22.0 Å². The van der Waals surface area contributed by atoms with Crippen LogP contribution in [0.25, 0.3) is 0 Å². The third kappa shape index (κ3) is 9.36. The van der Waals surface area contributed by atoms with E-state index in [1.54, 1.807) is 24.3 Å².